The van der Waals surface area contributed by atoms with Crippen molar-refractivity contribution in [1.82, 2.24) is 120 Å². The Morgan fingerprint density at radius 3 is 1.30 bits per heavy atom. The summed E-state index contributed by atoms with van der Waals surface area (Å²) in [6.07, 6.45) is 9.78. The van der Waals surface area contributed by atoms with Crippen LogP contribution in [0.15, 0.2) is 192 Å². The number of hydrogen-bond donors (Lipinski definition) is 18. The molecule has 4 aliphatic heterocycles. The van der Waals surface area contributed by atoms with Gasteiger partial charge >= 0.3 is 0 Å². The highest BCUT2D eigenvalue weighted by Gasteiger charge is 2.27. The summed E-state index contributed by atoms with van der Waals surface area (Å²) < 4.78 is 74.3. The third kappa shape index (κ3) is 22.4. The van der Waals surface area contributed by atoms with Crippen molar-refractivity contribution in [3.63, 3.8) is 0 Å². The van der Waals surface area contributed by atoms with Gasteiger partial charge in [0.2, 0.25) is 77.7 Å². The maximum Gasteiger partial charge on any atom is 0.251 e. The van der Waals surface area contributed by atoms with Crippen LogP contribution in [0.1, 0.15) is 41.6 Å². The Labute approximate surface area is 703 Å². The largest absolute Gasteiger partial charge is 0.368 e. The Kier molecular flexibility index (Phi) is 26.2. The van der Waals surface area contributed by atoms with Crippen LogP contribution in [0, 0.1) is 0 Å². The summed E-state index contributed by atoms with van der Waals surface area (Å²) in [5.74, 6) is 6.19. The molecule has 0 aliphatic carbocycles. The molecule has 26 N–H and O–H groups in total. The molecule has 0 radical (unpaired) electrons. The number of benzene rings is 5. The first-order valence-corrected chi connectivity index (χ1v) is 42.8. The van der Waals surface area contributed by atoms with Crippen LogP contribution in [0.3, 0.4) is 0 Å². The number of nitrogens with one attached hydrogen (secondary N) is 10. The van der Waals surface area contributed by atoms with Crippen molar-refractivity contribution in [2.45, 2.75) is 71.1 Å². The maximum absolute atomic E-state index is 11.6. The zero-order chi connectivity index (χ0) is 86.4. The molecule has 0 bridgehead atoms. The third-order valence-electron chi connectivity index (χ3n) is 19.2. The molecule has 640 valence electrons. The molecule has 4 aliphatic rings. The van der Waals surface area contributed by atoms with Crippen molar-refractivity contribution in [2.75, 3.05) is 124 Å². The molecule has 8 aromatic heterocycles. The van der Waals surface area contributed by atoms with Gasteiger partial charge in [-0.2, -0.15) is 38.7 Å². The van der Waals surface area contributed by atoms with Gasteiger partial charge in [-0.05, 0) is 142 Å². The molecule has 0 spiro atoms. The van der Waals surface area contributed by atoms with E-state index >= 15 is 0 Å². The van der Waals surface area contributed by atoms with Gasteiger partial charge in [0.1, 0.15) is 48.6 Å². The van der Waals surface area contributed by atoms with Crippen molar-refractivity contribution in [2.24, 2.45) is 21.2 Å². The Hall–Kier alpha value is -14.4. The number of nitrogens with two attached hydrogens (primary N) is 8. The Morgan fingerprint density at radius 2 is 0.870 bits per heavy atom. The summed E-state index contributed by atoms with van der Waals surface area (Å²) in [5.41, 5.74) is 34.2. The van der Waals surface area contributed by atoms with E-state index in [1.807, 2.05) is 24.3 Å². The molecule has 1 amide bonds. The van der Waals surface area contributed by atoms with Crippen LogP contribution >= 0.6 is 0 Å². The second kappa shape index (κ2) is 37.9. The molecular formula is C73H88N40O7S3. The van der Waals surface area contributed by atoms with Crippen molar-refractivity contribution >= 4 is 130 Å². The van der Waals surface area contributed by atoms with E-state index in [1.165, 1.54) is 86.0 Å². The van der Waals surface area contributed by atoms with Gasteiger partial charge in [0.15, 0.2) is 23.3 Å². The average molecular weight is 1730 g/mol. The van der Waals surface area contributed by atoms with E-state index in [1.54, 1.807) is 85.9 Å². The Balaban J connectivity index is 0.000000134. The highest BCUT2D eigenvalue weighted by atomic mass is 32.2. The lowest BCUT2D eigenvalue weighted by Gasteiger charge is -2.30. The molecule has 50 heteroatoms. The number of rotatable bonds is 25. The number of hydrogen-bond acceptors (Lipinski definition) is 39. The first kappa shape index (κ1) is 85.1. The lowest BCUT2D eigenvalue weighted by atomic mass is 10.1. The second-order valence-corrected chi connectivity index (χ2v) is 32.8. The minimum Gasteiger partial charge on any atom is -0.368 e. The number of primary sulfonamides is 3. The van der Waals surface area contributed by atoms with Gasteiger partial charge in [0.05, 0.1) is 14.7 Å². The molecule has 0 saturated carbocycles. The van der Waals surface area contributed by atoms with Gasteiger partial charge in [-0.1, -0.05) is 36.4 Å². The molecule has 4 saturated heterocycles. The number of carbonyl (C=O) groups excluding carboxylic acids is 1. The highest BCUT2D eigenvalue weighted by Crippen LogP contribution is 2.29. The van der Waals surface area contributed by atoms with E-state index in [2.05, 4.69) is 155 Å². The summed E-state index contributed by atoms with van der Waals surface area (Å²) in [5, 5.41) is 64.1. The van der Waals surface area contributed by atoms with E-state index in [0.717, 1.165) is 95.4 Å². The lowest BCUT2D eigenvalue weighted by Crippen LogP contribution is -2.37. The SMILES string of the molecule is CNC(=O)c1ccc(Nc2nc(N)n(-c3cc(NC4CCNC4)ncn3)n2)cc1.Nc1nc(Nc2ccc(S(N)(=O)=O)cc2)nn1-c1cc(N(Cc2ccccc2)C2CCNC2)ncn1.Nc1nc(Nc2ccc(S(N)(=O)=O)cc2)nn1-c1cc(N2CC[C@@H](N)C2)ncn1.Nc1nc(Nc2cccc(S(N)(=O)=O)c2)nn1-c1cc(NC2CCNC2)ncn1. The molecule has 13 aromatic rings. The Bertz CT molecular complexity index is 6170. The summed E-state index contributed by atoms with van der Waals surface area (Å²) >= 11 is 0. The molecule has 17 rings (SSSR count). The minimum absolute atomic E-state index is 0.0104. The molecule has 4 atom stereocenters. The van der Waals surface area contributed by atoms with Crippen molar-refractivity contribution in [3.05, 3.63) is 188 Å². The molecule has 47 nitrogen and oxygen atoms in total. The number of nitrogens with zero attached hydrogens (tertiary/aromatic N) is 22. The number of nitrogen functional groups attached to an aromatic ring is 4. The smallest absolute Gasteiger partial charge is 0.251 e. The summed E-state index contributed by atoms with van der Waals surface area (Å²) in [7, 11) is -9.76. The quantitative estimate of drug-likeness (QED) is 0.0383. The van der Waals surface area contributed by atoms with E-state index in [9.17, 15) is 30.0 Å². The van der Waals surface area contributed by atoms with Crippen LogP contribution in [0.2, 0.25) is 0 Å². The first-order valence-electron chi connectivity index (χ1n) is 38.1. The normalized spacial score (nSPS) is 16.2. The first-order chi connectivity index (χ1) is 59.2. The van der Waals surface area contributed by atoms with Gasteiger partial charge < -0.3 is 91.6 Å². The third-order valence-corrected chi connectivity index (χ3v) is 22.0. The maximum atomic E-state index is 11.6. The monoisotopic (exact) mass is 1730 g/mol. The molecule has 4 fully saturated rings. The Morgan fingerprint density at radius 1 is 0.447 bits per heavy atom. The van der Waals surface area contributed by atoms with Crippen molar-refractivity contribution in [3.8, 4) is 23.3 Å². The zero-order valence-electron chi connectivity index (χ0n) is 65.8. The average Bonchev–Trinajstić information content (AvgIpc) is 1.74. The highest BCUT2D eigenvalue weighted by molar-refractivity contribution is 7.89. The lowest BCUT2D eigenvalue weighted by molar-refractivity contribution is 0.0963. The molecule has 5 aromatic carbocycles. The van der Waals surface area contributed by atoms with E-state index < -0.39 is 30.1 Å². The summed E-state index contributed by atoms with van der Waals surface area (Å²) in [6.45, 7) is 7.81. The van der Waals surface area contributed by atoms with Crippen molar-refractivity contribution in [1.29, 1.82) is 0 Å². The fourth-order valence-electron chi connectivity index (χ4n) is 13.1. The zero-order valence-corrected chi connectivity index (χ0v) is 68.2. The number of aromatic nitrogens is 20. The van der Waals surface area contributed by atoms with Gasteiger partial charge in [-0.3, -0.25) is 4.79 Å². The minimum atomic E-state index is -3.82. The molecule has 3 unspecified atom stereocenters. The standard InChI is InChI=1S/C23H26N10O2S.C18H22N10O.2C16H20N10O2S/c24-22-30-23(29-17-6-8-19(9-7-17)36(25,34)35)31-33(22)21-12-20(27-15-28-21)32(18-10-11-26-13-18)14-16-4-2-1-3-5-16;1-20-16(29)11-2-4-12(5-3-11)25-18-26-17(19)28(27-18)15-8-14(22-10-23-15)24-13-6-7-21-9-13;17-10-5-6-25(8-10)13-7-14(21-9-20-13)26-15(18)23-16(24-26)22-11-1-3-12(4-2-11)29(19,27)28;17-15-24-16(23-10-2-1-3-12(6-10)29(18,27)28)25-26(15)14-7-13(20-9-21-14)22-11-4-5-19-8-11/h1-9,12,15,18,26H,10-11,13-14H2,(H2,25,34,35)(H3,24,29,30,31);2-5,8,10,13,21H,6-7,9H2,1H3,(H,20,29)(H,22,23,24)(H3,19,25,26,27);1-4,7,9-10H,5-6,8,17H2,(H2,19,27,28)(H3,18,22,23,24);1-3,6-7,9,11,19H,4-5,8H2,(H2,18,27,28)(H,20,21,22)(H3,17,23,24,25)/t;;10-;/m..1./s1. The molecule has 123 heavy (non-hydrogen) atoms. The molecular weight excluding hydrogens is 1650 g/mol. The van der Waals surface area contributed by atoms with Gasteiger partial charge in [-0.25, -0.2) is 80.5 Å². The van der Waals surface area contributed by atoms with Crippen LogP contribution < -0.4 is 107 Å². The molecule has 12 heterocycles. The topological polar surface area (TPSA) is 680 Å². The summed E-state index contributed by atoms with van der Waals surface area (Å²) in [4.78, 5) is 67.2. The fraction of sp³-hybridized carbons (Fsp3) is 0.247. The van der Waals surface area contributed by atoms with Crippen LogP contribution in [-0.2, 0) is 36.6 Å². The van der Waals surface area contributed by atoms with Crippen LogP contribution in [0.4, 0.5) is 93.6 Å². The van der Waals surface area contributed by atoms with Crippen LogP contribution in [-0.4, -0.2) is 214 Å². The number of amides is 1. The van der Waals surface area contributed by atoms with Crippen LogP contribution in [0.5, 0.6) is 0 Å². The van der Waals surface area contributed by atoms with Gasteiger partial charge in [0.25, 0.3) is 5.91 Å². The van der Waals surface area contributed by atoms with E-state index in [-0.39, 0.29) is 68.3 Å². The van der Waals surface area contributed by atoms with E-state index in [0.29, 0.717) is 88.2 Å². The fourth-order valence-corrected chi connectivity index (χ4v) is 14.7. The predicted molar refractivity (Wildman–Crippen MR) is 460 cm³/mol. The predicted octanol–water partition coefficient (Wildman–Crippen LogP) is 1.29. The van der Waals surface area contributed by atoms with Crippen LogP contribution in [0.25, 0.3) is 23.3 Å². The number of carbonyl (C=O) groups is 1. The van der Waals surface area contributed by atoms with Gasteiger partial charge in [-0.15, -0.1) is 20.4 Å². The van der Waals surface area contributed by atoms with E-state index in [4.69, 9.17) is 44.1 Å². The van der Waals surface area contributed by atoms with Crippen molar-refractivity contribution < 1.29 is 30.0 Å². The number of sulfonamides is 3. The summed E-state index contributed by atoms with van der Waals surface area (Å²) in [6, 6.07) is 43.2. The second-order valence-electron chi connectivity index (χ2n) is 28.1. The van der Waals surface area contributed by atoms with Gasteiger partial charge in [0, 0.05) is 123 Å². The number of anilines is 16.